The molecule has 2 aromatic carbocycles. The maximum absolute atomic E-state index is 12.4. The number of aromatic nitrogens is 1. The summed E-state index contributed by atoms with van der Waals surface area (Å²) in [6, 6.07) is 25.1. The van der Waals surface area contributed by atoms with Gasteiger partial charge in [-0.3, -0.25) is 4.79 Å². The molecule has 0 unspecified atom stereocenters. The van der Waals surface area contributed by atoms with E-state index in [-0.39, 0.29) is 11.7 Å². The second-order valence-corrected chi connectivity index (χ2v) is 8.05. The lowest BCUT2D eigenvalue weighted by molar-refractivity contribution is -0.118. The number of rotatable bonds is 8. The van der Waals surface area contributed by atoms with Crippen molar-refractivity contribution in [2.45, 2.75) is 11.6 Å². The molecule has 0 fully saturated rings. The maximum Gasteiger partial charge on any atom is 0.230 e. The van der Waals surface area contributed by atoms with Crippen molar-refractivity contribution in [2.24, 2.45) is 0 Å². The second-order valence-electron chi connectivity index (χ2n) is 7.09. The van der Waals surface area contributed by atoms with Crippen molar-refractivity contribution in [3.05, 3.63) is 90.4 Å². The van der Waals surface area contributed by atoms with Gasteiger partial charge in [0.15, 0.2) is 0 Å². The van der Waals surface area contributed by atoms with Gasteiger partial charge in [0.1, 0.15) is 22.6 Å². The highest BCUT2D eigenvalue weighted by Gasteiger charge is 2.17. The standard InChI is InChI=1S/C26H21N3O3S/c1-31-20-11-9-18(10-12-20)22-14-24(19-6-3-2-4-7-19)29-26(23(22)15-27)33-17-25(30)28-16-21-8-5-13-32-21/h2-14H,16-17H2,1H3,(H,28,30). The number of nitrogens with one attached hydrogen (secondary N) is 1. The van der Waals surface area contributed by atoms with E-state index < -0.39 is 0 Å². The Hall–Kier alpha value is -4.02. The third-order valence-electron chi connectivity index (χ3n) is 4.95. The van der Waals surface area contributed by atoms with Crippen LogP contribution in [0.1, 0.15) is 11.3 Å². The lowest BCUT2D eigenvalue weighted by Gasteiger charge is -2.13. The van der Waals surface area contributed by atoms with Crippen LogP contribution in [0.2, 0.25) is 0 Å². The molecule has 2 aromatic heterocycles. The fraction of sp³-hybridized carbons (Fsp3) is 0.115. The minimum absolute atomic E-state index is 0.128. The molecule has 0 saturated carbocycles. The summed E-state index contributed by atoms with van der Waals surface area (Å²) in [5, 5.41) is 13.3. The van der Waals surface area contributed by atoms with Gasteiger partial charge < -0.3 is 14.5 Å². The summed E-state index contributed by atoms with van der Waals surface area (Å²) in [5.41, 5.74) is 3.73. The van der Waals surface area contributed by atoms with Crippen LogP contribution in [0.25, 0.3) is 22.4 Å². The first-order valence-electron chi connectivity index (χ1n) is 10.2. The lowest BCUT2D eigenvalue weighted by atomic mass is 9.99. The third-order valence-corrected chi connectivity index (χ3v) is 5.92. The Morgan fingerprint density at radius 3 is 2.55 bits per heavy atom. The Kier molecular flexibility index (Phi) is 7.08. The number of nitriles is 1. The van der Waals surface area contributed by atoms with E-state index in [9.17, 15) is 10.1 Å². The zero-order chi connectivity index (χ0) is 23.0. The molecule has 0 radical (unpaired) electrons. The van der Waals surface area contributed by atoms with E-state index >= 15 is 0 Å². The van der Waals surface area contributed by atoms with Crippen molar-refractivity contribution in [3.63, 3.8) is 0 Å². The average Bonchev–Trinajstić information content (AvgIpc) is 3.40. The molecule has 4 rings (SSSR count). The van der Waals surface area contributed by atoms with E-state index in [0.29, 0.717) is 22.9 Å². The first-order valence-corrected chi connectivity index (χ1v) is 11.2. The molecular weight excluding hydrogens is 434 g/mol. The van der Waals surface area contributed by atoms with Gasteiger partial charge in [0, 0.05) is 11.1 Å². The first-order chi connectivity index (χ1) is 16.2. The van der Waals surface area contributed by atoms with Crippen molar-refractivity contribution >= 4 is 17.7 Å². The molecule has 4 aromatic rings. The number of thioether (sulfide) groups is 1. The zero-order valence-corrected chi connectivity index (χ0v) is 18.8. The van der Waals surface area contributed by atoms with Gasteiger partial charge in [0.05, 0.1) is 36.9 Å². The van der Waals surface area contributed by atoms with Crippen LogP contribution < -0.4 is 10.1 Å². The smallest absolute Gasteiger partial charge is 0.230 e. The molecule has 1 N–H and O–H groups in total. The molecule has 0 aliphatic rings. The summed E-state index contributed by atoms with van der Waals surface area (Å²) in [5.74, 6) is 1.37. The lowest BCUT2D eigenvalue weighted by Crippen LogP contribution is -2.24. The monoisotopic (exact) mass is 455 g/mol. The van der Waals surface area contributed by atoms with Gasteiger partial charge >= 0.3 is 0 Å². The predicted octanol–water partition coefficient (Wildman–Crippen LogP) is 5.30. The molecule has 33 heavy (non-hydrogen) atoms. The van der Waals surface area contributed by atoms with E-state index in [1.54, 1.807) is 25.5 Å². The van der Waals surface area contributed by atoms with Crippen molar-refractivity contribution in [1.82, 2.24) is 10.3 Å². The number of carbonyl (C=O) groups is 1. The molecule has 7 heteroatoms. The van der Waals surface area contributed by atoms with E-state index in [2.05, 4.69) is 11.4 Å². The molecule has 0 atom stereocenters. The summed E-state index contributed by atoms with van der Waals surface area (Å²) >= 11 is 1.24. The van der Waals surface area contributed by atoms with Crippen LogP contribution in [0.15, 0.2) is 88.5 Å². The zero-order valence-electron chi connectivity index (χ0n) is 17.9. The van der Waals surface area contributed by atoms with Gasteiger partial charge in [-0.05, 0) is 35.9 Å². The van der Waals surface area contributed by atoms with Crippen LogP contribution in [0, 0.1) is 11.3 Å². The number of hydrogen-bond acceptors (Lipinski definition) is 6. The molecule has 0 aliphatic carbocycles. The van der Waals surface area contributed by atoms with Crippen LogP contribution in [-0.2, 0) is 11.3 Å². The van der Waals surface area contributed by atoms with E-state index in [1.807, 2.05) is 60.7 Å². The van der Waals surface area contributed by atoms with E-state index in [1.165, 1.54) is 11.8 Å². The summed E-state index contributed by atoms with van der Waals surface area (Å²) in [6.45, 7) is 0.312. The first kappa shape index (κ1) is 22.2. The van der Waals surface area contributed by atoms with Crippen LogP contribution >= 0.6 is 11.8 Å². The number of ether oxygens (including phenoxy) is 1. The number of hydrogen-bond donors (Lipinski definition) is 1. The van der Waals surface area contributed by atoms with E-state index in [4.69, 9.17) is 14.1 Å². The van der Waals surface area contributed by atoms with Crippen molar-refractivity contribution < 1.29 is 13.9 Å². The molecule has 0 saturated heterocycles. The van der Waals surface area contributed by atoms with Crippen LogP contribution in [0.5, 0.6) is 5.75 Å². The quantitative estimate of drug-likeness (QED) is 0.363. The maximum atomic E-state index is 12.4. The predicted molar refractivity (Wildman–Crippen MR) is 128 cm³/mol. The Morgan fingerprint density at radius 1 is 1.09 bits per heavy atom. The Morgan fingerprint density at radius 2 is 1.88 bits per heavy atom. The van der Waals surface area contributed by atoms with Gasteiger partial charge in [-0.2, -0.15) is 5.26 Å². The largest absolute Gasteiger partial charge is 0.497 e. The summed E-state index contributed by atoms with van der Waals surface area (Å²) in [7, 11) is 1.61. The molecule has 0 bridgehead atoms. The number of benzene rings is 2. The molecule has 0 spiro atoms. The Bertz CT molecular complexity index is 1260. The Balaban J connectivity index is 1.65. The summed E-state index contributed by atoms with van der Waals surface area (Å²) in [4.78, 5) is 17.1. The van der Waals surface area contributed by atoms with Crippen molar-refractivity contribution in [3.8, 4) is 34.2 Å². The molecule has 2 heterocycles. The van der Waals surface area contributed by atoms with E-state index in [0.717, 1.165) is 28.1 Å². The Labute approximate surface area is 196 Å². The molecular formula is C26H21N3O3S. The summed E-state index contributed by atoms with van der Waals surface area (Å²) < 4.78 is 10.5. The number of pyridine rings is 1. The number of nitrogens with zero attached hydrogens (tertiary/aromatic N) is 2. The second kappa shape index (κ2) is 10.5. The number of methoxy groups -OCH3 is 1. The van der Waals surface area contributed by atoms with Crippen LogP contribution in [0.4, 0.5) is 0 Å². The number of carbonyl (C=O) groups excluding carboxylic acids is 1. The highest BCUT2D eigenvalue weighted by atomic mass is 32.2. The minimum Gasteiger partial charge on any atom is -0.497 e. The number of furan rings is 1. The van der Waals surface area contributed by atoms with Crippen LogP contribution in [0.3, 0.4) is 0 Å². The fourth-order valence-corrected chi connectivity index (χ4v) is 4.11. The summed E-state index contributed by atoms with van der Waals surface area (Å²) in [6.07, 6.45) is 1.56. The van der Waals surface area contributed by atoms with Gasteiger partial charge in [-0.25, -0.2) is 4.98 Å². The molecule has 0 aliphatic heterocycles. The normalized spacial score (nSPS) is 10.4. The molecule has 6 nitrogen and oxygen atoms in total. The molecule has 164 valence electrons. The average molecular weight is 456 g/mol. The fourth-order valence-electron chi connectivity index (χ4n) is 3.27. The van der Waals surface area contributed by atoms with Crippen molar-refractivity contribution in [1.29, 1.82) is 5.26 Å². The third kappa shape index (κ3) is 5.43. The highest BCUT2D eigenvalue weighted by molar-refractivity contribution is 8.00. The van der Waals surface area contributed by atoms with Gasteiger partial charge in [0.25, 0.3) is 0 Å². The van der Waals surface area contributed by atoms with Crippen molar-refractivity contribution in [2.75, 3.05) is 12.9 Å². The van der Waals surface area contributed by atoms with Crippen LogP contribution in [-0.4, -0.2) is 23.8 Å². The van der Waals surface area contributed by atoms with Gasteiger partial charge in [0.2, 0.25) is 5.91 Å². The van der Waals surface area contributed by atoms with Gasteiger partial charge in [-0.15, -0.1) is 0 Å². The van der Waals surface area contributed by atoms with Gasteiger partial charge in [-0.1, -0.05) is 54.2 Å². The topological polar surface area (TPSA) is 88.2 Å². The SMILES string of the molecule is COc1ccc(-c2cc(-c3ccccc3)nc(SCC(=O)NCc3ccco3)c2C#N)cc1. The number of amides is 1. The minimum atomic E-state index is -0.168. The molecule has 1 amide bonds. The highest BCUT2D eigenvalue weighted by Crippen LogP contribution is 2.34.